The van der Waals surface area contributed by atoms with Crippen molar-refractivity contribution in [1.29, 1.82) is 0 Å². The van der Waals surface area contributed by atoms with Crippen LogP contribution >= 0.6 is 0 Å². The number of amides is 1. The van der Waals surface area contributed by atoms with Crippen molar-refractivity contribution < 1.29 is 9.63 Å². The van der Waals surface area contributed by atoms with Gasteiger partial charge in [0.25, 0.3) is 0 Å². The summed E-state index contributed by atoms with van der Waals surface area (Å²) in [6, 6.07) is 9.58. The Labute approximate surface area is 89.4 Å². The Hall–Kier alpha value is -1.39. The molecule has 0 aliphatic rings. The fourth-order valence-electron chi connectivity index (χ4n) is 1.15. The lowest BCUT2D eigenvalue weighted by molar-refractivity contribution is -0.121. The average molecular weight is 208 g/mol. The molecule has 0 fully saturated rings. The Morgan fingerprint density at radius 2 is 2.13 bits per heavy atom. The quantitative estimate of drug-likeness (QED) is 0.697. The third-order valence-electron chi connectivity index (χ3n) is 2.03. The monoisotopic (exact) mass is 208 g/mol. The van der Waals surface area contributed by atoms with Crippen molar-refractivity contribution in [2.24, 2.45) is 5.90 Å². The molecule has 0 radical (unpaired) electrons. The van der Waals surface area contributed by atoms with E-state index in [9.17, 15) is 4.79 Å². The molecule has 1 unspecified atom stereocenters. The number of nitrogens with one attached hydrogen (secondary N) is 1. The molecule has 0 saturated carbocycles. The van der Waals surface area contributed by atoms with E-state index in [0.717, 1.165) is 5.56 Å². The van der Waals surface area contributed by atoms with Crippen LogP contribution in [0.5, 0.6) is 0 Å². The number of hydrogen-bond acceptors (Lipinski definition) is 3. The number of benzene rings is 1. The summed E-state index contributed by atoms with van der Waals surface area (Å²) in [5.41, 5.74) is 0.997. The first-order valence-electron chi connectivity index (χ1n) is 4.88. The van der Waals surface area contributed by atoms with Crippen molar-refractivity contribution in [2.75, 3.05) is 6.54 Å². The molecule has 1 atom stereocenters. The molecule has 0 aromatic heterocycles. The molecule has 15 heavy (non-hydrogen) atoms. The van der Waals surface area contributed by atoms with Crippen LogP contribution in [0.2, 0.25) is 0 Å². The molecule has 4 heteroatoms. The zero-order chi connectivity index (χ0) is 11.1. The molecular weight excluding hydrogens is 192 g/mol. The van der Waals surface area contributed by atoms with Crippen LogP contribution in [0.3, 0.4) is 0 Å². The lowest BCUT2D eigenvalue weighted by Crippen LogP contribution is -2.34. The van der Waals surface area contributed by atoms with Crippen molar-refractivity contribution in [3.63, 3.8) is 0 Å². The molecule has 4 nitrogen and oxygen atoms in total. The third kappa shape index (κ3) is 4.58. The van der Waals surface area contributed by atoms with Crippen LogP contribution in [-0.4, -0.2) is 18.6 Å². The molecule has 0 saturated heterocycles. The van der Waals surface area contributed by atoms with Gasteiger partial charge in [0.1, 0.15) is 0 Å². The highest BCUT2D eigenvalue weighted by Crippen LogP contribution is 1.99. The first kappa shape index (κ1) is 11.7. The molecule has 1 aromatic rings. The fraction of sp³-hybridized carbons (Fsp3) is 0.364. The molecular formula is C11H16N2O2. The van der Waals surface area contributed by atoms with E-state index in [2.05, 4.69) is 10.2 Å². The van der Waals surface area contributed by atoms with E-state index in [-0.39, 0.29) is 12.0 Å². The third-order valence-corrected chi connectivity index (χ3v) is 2.03. The van der Waals surface area contributed by atoms with E-state index in [0.29, 0.717) is 13.0 Å². The highest BCUT2D eigenvalue weighted by atomic mass is 16.6. The topological polar surface area (TPSA) is 64.3 Å². The van der Waals surface area contributed by atoms with Gasteiger partial charge < -0.3 is 5.32 Å². The predicted octanol–water partition coefficient (Wildman–Crippen LogP) is 0.624. The molecule has 0 bridgehead atoms. The van der Waals surface area contributed by atoms with Gasteiger partial charge in [0.15, 0.2) is 0 Å². The van der Waals surface area contributed by atoms with Gasteiger partial charge in [-0.05, 0) is 12.5 Å². The van der Waals surface area contributed by atoms with Gasteiger partial charge in [-0.15, -0.1) is 0 Å². The van der Waals surface area contributed by atoms with Gasteiger partial charge >= 0.3 is 0 Å². The van der Waals surface area contributed by atoms with Crippen molar-refractivity contribution in [2.45, 2.75) is 19.4 Å². The maximum atomic E-state index is 11.4. The summed E-state index contributed by atoms with van der Waals surface area (Å²) in [6.45, 7) is 2.23. The minimum atomic E-state index is -0.162. The lowest BCUT2D eigenvalue weighted by Gasteiger charge is -2.09. The van der Waals surface area contributed by atoms with E-state index in [4.69, 9.17) is 5.90 Å². The molecule has 1 aromatic carbocycles. The number of carbonyl (C=O) groups is 1. The predicted molar refractivity (Wildman–Crippen MR) is 57.9 cm³/mol. The van der Waals surface area contributed by atoms with E-state index in [1.807, 2.05) is 30.3 Å². The first-order valence-corrected chi connectivity index (χ1v) is 4.88. The molecule has 1 amide bonds. The van der Waals surface area contributed by atoms with E-state index < -0.39 is 0 Å². The minimum absolute atomic E-state index is 0.0231. The standard InChI is InChI=1S/C11H16N2O2/c1-9(15-12)8-13-11(14)7-10-5-3-2-4-6-10/h2-6,9H,7-8,12H2,1H3,(H,13,14). The van der Waals surface area contributed by atoms with Crippen LogP contribution in [0.25, 0.3) is 0 Å². The molecule has 0 aliphatic heterocycles. The maximum absolute atomic E-state index is 11.4. The molecule has 0 aliphatic carbocycles. The van der Waals surface area contributed by atoms with Gasteiger partial charge in [-0.3, -0.25) is 9.63 Å². The first-order chi connectivity index (χ1) is 7.22. The van der Waals surface area contributed by atoms with E-state index in [1.165, 1.54) is 0 Å². The van der Waals surface area contributed by atoms with Crippen molar-refractivity contribution in [1.82, 2.24) is 5.32 Å². The van der Waals surface area contributed by atoms with Crippen LogP contribution in [0.4, 0.5) is 0 Å². The van der Waals surface area contributed by atoms with Gasteiger partial charge in [0.2, 0.25) is 5.91 Å². The van der Waals surface area contributed by atoms with Crippen molar-refractivity contribution in [3.05, 3.63) is 35.9 Å². The van der Waals surface area contributed by atoms with Gasteiger partial charge in [-0.1, -0.05) is 30.3 Å². The van der Waals surface area contributed by atoms with Gasteiger partial charge in [0.05, 0.1) is 12.5 Å². The fourth-order valence-corrected chi connectivity index (χ4v) is 1.15. The zero-order valence-corrected chi connectivity index (χ0v) is 8.77. The smallest absolute Gasteiger partial charge is 0.224 e. The Bertz CT molecular complexity index is 301. The van der Waals surface area contributed by atoms with Crippen LogP contribution in [-0.2, 0) is 16.1 Å². The number of hydrogen-bond donors (Lipinski definition) is 2. The second-order valence-electron chi connectivity index (χ2n) is 3.41. The van der Waals surface area contributed by atoms with Crippen molar-refractivity contribution >= 4 is 5.91 Å². The number of rotatable bonds is 5. The average Bonchev–Trinajstić information content (AvgIpc) is 2.27. The SMILES string of the molecule is CC(CNC(=O)Cc1ccccc1)ON. The highest BCUT2D eigenvalue weighted by Gasteiger charge is 2.05. The summed E-state index contributed by atoms with van der Waals surface area (Å²) in [5.74, 6) is 4.94. The Balaban J connectivity index is 2.31. The van der Waals surface area contributed by atoms with Crippen LogP contribution < -0.4 is 11.2 Å². The normalized spacial score (nSPS) is 12.1. The number of nitrogens with two attached hydrogens (primary N) is 1. The highest BCUT2D eigenvalue weighted by molar-refractivity contribution is 5.78. The van der Waals surface area contributed by atoms with E-state index in [1.54, 1.807) is 6.92 Å². The summed E-state index contributed by atoms with van der Waals surface area (Å²) >= 11 is 0. The van der Waals surface area contributed by atoms with Crippen molar-refractivity contribution in [3.8, 4) is 0 Å². The summed E-state index contributed by atoms with van der Waals surface area (Å²) in [6.07, 6.45) is 0.225. The Kier molecular flexibility index (Phi) is 4.80. The van der Waals surface area contributed by atoms with E-state index >= 15 is 0 Å². The summed E-state index contributed by atoms with van der Waals surface area (Å²) in [7, 11) is 0. The maximum Gasteiger partial charge on any atom is 0.224 e. The molecule has 82 valence electrons. The minimum Gasteiger partial charge on any atom is -0.353 e. The number of carbonyl (C=O) groups excluding carboxylic acids is 1. The van der Waals surface area contributed by atoms with Crippen LogP contribution in [0.15, 0.2) is 30.3 Å². The van der Waals surface area contributed by atoms with Gasteiger partial charge in [0, 0.05) is 6.54 Å². The van der Waals surface area contributed by atoms with Crippen LogP contribution in [0.1, 0.15) is 12.5 Å². The molecule has 3 N–H and O–H groups in total. The summed E-state index contributed by atoms with van der Waals surface area (Å²) in [4.78, 5) is 16.0. The Morgan fingerprint density at radius 3 is 2.73 bits per heavy atom. The zero-order valence-electron chi connectivity index (χ0n) is 8.77. The largest absolute Gasteiger partial charge is 0.353 e. The Morgan fingerprint density at radius 1 is 1.47 bits per heavy atom. The molecule has 0 heterocycles. The lowest BCUT2D eigenvalue weighted by atomic mass is 10.1. The molecule has 0 spiro atoms. The second kappa shape index (κ2) is 6.16. The second-order valence-corrected chi connectivity index (χ2v) is 3.41. The van der Waals surface area contributed by atoms with Crippen LogP contribution in [0, 0.1) is 0 Å². The van der Waals surface area contributed by atoms with Gasteiger partial charge in [-0.25, -0.2) is 5.90 Å². The van der Waals surface area contributed by atoms with Gasteiger partial charge in [-0.2, -0.15) is 0 Å². The molecule has 1 rings (SSSR count). The summed E-state index contributed by atoms with van der Waals surface area (Å²) in [5, 5.41) is 2.74. The summed E-state index contributed by atoms with van der Waals surface area (Å²) < 4.78 is 0.